The highest BCUT2D eigenvalue weighted by Gasteiger charge is 2.38. The van der Waals surface area contributed by atoms with Gasteiger partial charge >= 0.3 is 5.97 Å². The number of fused-ring (bicyclic) bond motifs is 6. The van der Waals surface area contributed by atoms with Crippen molar-refractivity contribution >= 4 is 97.3 Å². The Morgan fingerprint density at radius 1 is 0.986 bits per heavy atom. The van der Waals surface area contributed by atoms with E-state index >= 15 is 0 Å². The lowest BCUT2D eigenvalue weighted by atomic mass is 9.84. The third-order valence-electron chi connectivity index (χ3n) is 12.9. The molecule has 6 bridgehead atoms. The molecule has 3 atom stereocenters. The topological polar surface area (TPSA) is 182 Å². The van der Waals surface area contributed by atoms with Gasteiger partial charge in [-0.2, -0.15) is 40.5 Å². The molecule has 2 aromatic heterocycles. The minimum absolute atomic E-state index is 0. The Morgan fingerprint density at radius 2 is 1.72 bits per heavy atom. The third-order valence-corrected chi connectivity index (χ3v) is 13.8. The van der Waals surface area contributed by atoms with Gasteiger partial charge in [0.15, 0.2) is 5.01 Å². The average molecular weight is 1090 g/mol. The van der Waals surface area contributed by atoms with E-state index < -0.39 is 53.1 Å². The number of thiazole rings is 1. The van der Waals surface area contributed by atoms with Crippen molar-refractivity contribution in [2.75, 3.05) is 60.3 Å². The minimum atomic E-state index is -1.19. The predicted molar refractivity (Wildman–Crippen MR) is 310 cm³/mol. The molecular formula is C54H75N9O7S4. The first-order valence-electron chi connectivity index (χ1n) is 24.3. The number of aromatic hydroxyl groups is 1. The number of nitrogens with one attached hydrogen (secondary N) is 3. The highest BCUT2D eigenvalue weighted by molar-refractivity contribution is 7.59. The van der Waals surface area contributed by atoms with Crippen LogP contribution in [0.25, 0.3) is 33.3 Å². The number of ether oxygens (including phenoxy) is 1. The minimum Gasteiger partial charge on any atom is -0.508 e. The van der Waals surface area contributed by atoms with Gasteiger partial charge in [0.1, 0.15) is 28.9 Å². The summed E-state index contributed by atoms with van der Waals surface area (Å²) in [6.45, 7) is 12.4. The largest absolute Gasteiger partial charge is 0.508 e. The maximum Gasteiger partial charge on any atom is 0.324 e. The molecule has 7 rings (SSSR count). The fraction of sp³-hybridized carbons (Fsp3) is 0.444. The van der Waals surface area contributed by atoms with E-state index in [1.165, 1.54) is 34.8 Å². The SMILES string of the molecule is CCn1c(-c2ccccc2CN(C)C)c2c3cc(ccc31)-c1cc(O)cc(c1)C[C@H](NC(=O)[C@H](C(C)C)N(C)C(=O)c1ncc(NC(=O)/C=C/CN(C)C)s1)C(=O)N1CCC[C@H](N1)C(=O)OCC(C)(C)C2.S.S.S. The molecule has 3 aromatic carbocycles. The molecule has 16 nitrogen and oxygen atoms in total. The standard InChI is InChI=1S/C54H69N9O7S.3H2S/c1-11-62-44-21-20-35-28-40(44)41(48(62)39-17-13-12-16-36(39)31-60(8)9)29-54(4,5)32-70-53(69)42-18-14-23-63(58-42)51(67)43(26-34-24-37(35)27-38(64)25-34)56-49(66)47(33(2)3)61(10)52(68)50-55-30-46(71-50)57-45(65)19-15-22-59(6)7;;;/h12-13,15-17,19-21,24-25,27-28,30,33,42-43,47,58,64H,11,14,18,22-23,26,29,31-32H2,1-10H3,(H,56,66)(H,57,65);3*1H2/b19-15+;;;/t42-,43-,47-;;;/m0.../s1. The van der Waals surface area contributed by atoms with Crippen molar-refractivity contribution in [3.63, 3.8) is 0 Å². The zero-order valence-electron chi connectivity index (χ0n) is 44.2. The number of phenolic OH excluding ortho intramolecular Hbond substituents is 1. The molecule has 402 valence electrons. The van der Waals surface area contributed by atoms with Gasteiger partial charge in [-0.15, -0.1) is 0 Å². The van der Waals surface area contributed by atoms with Crippen molar-refractivity contribution in [1.82, 2.24) is 40.0 Å². The highest BCUT2D eigenvalue weighted by atomic mass is 32.1. The Kier molecular flexibility index (Phi) is 21.9. The molecule has 0 aliphatic carbocycles. The van der Waals surface area contributed by atoms with Crippen LogP contribution in [-0.4, -0.2) is 137 Å². The van der Waals surface area contributed by atoms with Crippen molar-refractivity contribution in [2.24, 2.45) is 11.3 Å². The zero-order chi connectivity index (χ0) is 51.3. The molecule has 4 amide bonds. The number of aromatic nitrogens is 2. The molecule has 0 spiro atoms. The summed E-state index contributed by atoms with van der Waals surface area (Å²) in [5.41, 5.74) is 10.4. The first-order valence-corrected chi connectivity index (χ1v) is 25.2. The fourth-order valence-corrected chi connectivity index (χ4v) is 10.5. The summed E-state index contributed by atoms with van der Waals surface area (Å²) in [6, 6.07) is 17.0. The Morgan fingerprint density at radius 3 is 2.41 bits per heavy atom. The Balaban J connectivity index is 0.00000395. The summed E-state index contributed by atoms with van der Waals surface area (Å²) in [5, 5.41) is 19.9. The molecule has 2 aliphatic heterocycles. The van der Waals surface area contributed by atoms with E-state index in [0.29, 0.717) is 42.9 Å². The van der Waals surface area contributed by atoms with Gasteiger partial charge < -0.3 is 39.7 Å². The van der Waals surface area contributed by atoms with Crippen LogP contribution in [0.2, 0.25) is 0 Å². The number of hydrazine groups is 1. The van der Waals surface area contributed by atoms with Crippen LogP contribution < -0.4 is 16.1 Å². The molecular weight excluding hydrogens is 1010 g/mol. The van der Waals surface area contributed by atoms with E-state index in [-0.39, 0.29) is 76.7 Å². The Labute approximate surface area is 460 Å². The number of hydrogen-bond acceptors (Lipinski definition) is 12. The molecule has 74 heavy (non-hydrogen) atoms. The molecule has 4 N–H and O–H groups in total. The molecule has 0 unspecified atom stereocenters. The number of carbonyl (C=O) groups is 5. The van der Waals surface area contributed by atoms with E-state index in [1.807, 2.05) is 31.1 Å². The quantitative estimate of drug-likeness (QED) is 0.0701. The van der Waals surface area contributed by atoms with E-state index in [2.05, 4.69) is 102 Å². The van der Waals surface area contributed by atoms with Crippen molar-refractivity contribution in [3.8, 4) is 28.1 Å². The fourth-order valence-electron chi connectivity index (χ4n) is 9.67. The summed E-state index contributed by atoms with van der Waals surface area (Å²) in [5.74, 6) is -2.87. The highest BCUT2D eigenvalue weighted by Crippen LogP contribution is 2.42. The van der Waals surface area contributed by atoms with Gasteiger partial charge in [-0.25, -0.2) is 10.4 Å². The smallest absolute Gasteiger partial charge is 0.324 e. The maximum atomic E-state index is 14.8. The van der Waals surface area contributed by atoms with Gasteiger partial charge in [0.25, 0.3) is 11.8 Å². The number of esters is 1. The number of anilines is 1. The number of rotatable bonds is 13. The van der Waals surface area contributed by atoms with Crippen LogP contribution in [0.5, 0.6) is 5.75 Å². The second-order valence-corrected chi connectivity index (χ2v) is 21.4. The van der Waals surface area contributed by atoms with Crippen molar-refractivity contribution in [2.45, 2.75) is 91.5 Å². The lowest BCUT2D eigenvalue weighted by Gasteiger charge is -2.36. The van der Waals surface area contributed by atoms with Crippen molar-refractivity contribution < 1.29 is 33.8 Å². The van der Waals surface area contributed by atoms with Gasteiger partial charge in [-0.3, -0.25) is 29.0 Å². The number of carbonyl (C=O) groups excluding carboxylic acids is 5. The summed E-state index contributed by atoms with van der Waals surface area (Å²) in [7, 11) is 9.41. The summed E-state index contributed by atoms with van der Waals surface area (Å²) in [6.07, 6.45) is 6.03. The van der Waals surface area contributed by atoms with Crippen molar-refractivity contribution in [3.05, 3.63) is 101 Å². The van der Waals surface area contributed by atoms with E-state index in [1.54, 1.807) is 32.1 Å². The number of likely N-dealkylation sites (N-methyl/N-ethyl adjacent to an activating group) is 2. The molecule has 4 heterocycles. The third kappa shape index (κ3) is 14.5. The van der Waals surface area contributed by atoms with Gasteiger partial charge in [0.2, 0.25) is 11.8 Å². The second-order valence-electron chi connectivity index (χ2n) is 20.4. The molecule has 5 aromatic rings. The number of cyclic esters (lactones) is 1. The van der Waals surface area contributed by atoms with Gasteiger partial charge in [-0.05, 0) is 112 Å². The van der Waals surface area contributed by atoms with Crippen LogP contribution in [-0.2, 0) is 49.8 Å². The zero-order valence-corrected chi connectivity index (χ0v) is 48.0. The summed E-state index contributed by atoms with van der Waals surface area (Å²) >= 11 is 0.990. The van der Waals surface area contributed by atoms with Gasteiger partial charge in [0, 0.05) is 67.6 Å². The number of benzene rings is 3. The number of aryl methyl sites for hydroxylation is 1. The lowest BCUT2D eigenvalue weighted by molar-refractivity contribution is -0.155. The number of hydrogen-bond donors (Lipinski definition) is 4. The van der Waals surface area contributed by atoms with Crippen LogP contribution in [0.15, 0.2) is 79.0 Å². The molecule has 1 fully saturated rings. The van der Waals surface area contributed by atoms with Crippen molar-refractivity contribution in [1.29, 1.82) is 0 Å². The predicted octanol–water partition coefficient (Wildman–Crippen LogP) is 7.06. The van der Waals surface area contributed by atoms with E-state index in [4.69, 9.17) is 4.74 Å². The monoisotopic (exact) mass is 1090 g/mol. The van der Waals surface area contributed by atoms with Crippen LogP contribution >= 0.6 is 51.8 Å². The molecule has 2 aliphatic rings. The first-order chi connectivity index (χ1) is 33.7. The normalized spacial score (nSPS) is 17.2. The number of amides is 4. The Bertz CT molecular complexity index is 2830. The molecule has 0 radical (unpaired) electrons. The first kappa shape index (κ1) is 61.2. The molecule has 0 saturated carbocycles. The van der Waals surface area contributed by atoms with Gasteiger partial charge in [-0.1, -0.05) is 81.5 Å². The molecule has 20 heteroatoms. The number of nitrogens with zero attached hydrogens (tertiary/aromatic N) is 6. The van der Waals surface area contributed by atoms with E-state index in [0.717, 1.165) is 56.7 Å². The van der Waals surface area contributed by atoms with Crippen LogP contribution in [0.1, 0.15) is 74.0 Å². The van der Waals surface area contributed by atoms with Crippen LogP contribution in [0.3, 0.4) is 0 Å². The van der Waals surface area contributed by atoms with Crippen LogP contribution in [0.4, 0.5) is 5.00 Å². The Hall–Kier alpha value is -5.35. The lowest BCUT2D eigenvalue weighted by Crippen LogP contribution is -2.62. The van der Waals surface area contributed by atoms with E-state index in [9.17, 15) is 29.1 Å². The van der Waals surface area contributed by atoms with Crippen LogP contribution in [0, 0.1) is 11.3 Å². The number of phenols is 1. The molecule has 1 saturated heterocycles. The maximum absolute atomic E-state index is 14.8. The average Bonchev–Trinajstić information content (AvgIpc) is 3.90. The van der Waals surface area contributed by atoms with Gasteiger partial charge in [0.05, 0.1) is 18.5 Å². The summed E-state index contributed by atoms with van der Waals surface area (Å²) < 4.78 is 8.50. The second kappa shape index (κ2) is 26.4. The summed E-state index contributed by atoms with van der Waals surface area (Å²) in [4.78, 5) is 79.5.